The summed E-state index contributed by atoms with van der Waals surface area (Å²) < 4.78 is 9.74. The van der Waals surface area contributed by atoms with Crippen LogP contribution in [0, 0.1) is 6.92 Å². The molecule has 2 N–H and O–H groups in total. The second kappa shape index (κ2) is 9.45. The van der Waals surface area contributed by atoms with E-state index in [0.29, 0.717) is 10.7 Å². The molecule has 2 rings (SSSR count). The number of aromatic amines is 1. The quantitative estimate of drug-likeness (QED) is 0.632. The van der Waals surface area contributed by atoms with Crippen LogP contribution in [0.1, 0.15) is 47.7 Å². The number of aryl methyl sites for hydroxylation is 1. The predicted octanol–water partition coefficient (Wildman–Crippen LogP) is 1.47. The number of hydrogen-bond donors (Lipinski definition) is 2. The van der Waals surface area contributed by atoms with E-state index in [4.69, 9.17) is 9.47 Å². The summed E-state index contributed by atoms with van der Waals surface area (Å²) in [4.78, 5) is 55.6. The van der Waals surface area contributed by atoms with Crippen molar-refractivity contribution in [3.63, 3.8) is 0 Å². The van der Waals surface area contributed by atoms with E-state index in [1.165, 1.54) is 7.11 Å². The number of carbonyl (C=O) groups is 3. The molecule has 0 bridgehead atoms. The van der Waals surface area contributed by atoms with Crippen molar-refractivity contribution < 1.29 is 23.9 Å². The molecule has 0 aliphatic carbocycles. The summed E-state index contributed by atoms with van der Waals surface area (Å²) in [7, 11) is 1.21. The van der Waals surface area contributed by atoms with Gasteiger partial charge in [-0.15, -0.1) is 11.3 Å². The molecule has 1 amide bonds. The summed E-state index contributed by atoms with van der Waals surface area (Å²) in [5.41, 5.74) is -0.270. The maximum Gasteiger partial charge on any atom is 0.348 e. The molecule has 0 radical (unpaired) electrons. The fraction of sp³-hybridized carbons (Fsp3) is 0.500. The molecule has 0 saturated carbocycles. The first-order chi connectivity index (χ1) is 13.3. The first kappa shape index (κ1) is 21.5. The number of H-pyrrole nitrogens is 1. The largest absolute Gasteiger partial charge is 0.465 e. The number of nitrogens with zero attached hydrogens (tertiary/aromatic N) is 1. The Morgan fingerprint density at radius 2 is 2.04 bits per heavy atom. The lowest BCUT2D eigenvalue weighted by atomic mass is 10.1. The van der Waals surface area contributed by atoms with E-state index in [0.717, 1.165) is 24.2 Å². The molecule has 0 saturated heterocycles. The van der Waals surface area contributed by atoms with Crippen LogP contribution in [-0.2, 0) is 25.5 Å². The standard InChI is InChI=1S/C18H23N3O6S/c1-5-6-9(2)19-12(22)8-27-13(23)7-11-14-16(24)20-10(3)21-17(14)28-15(11)18(25)26-4/h9H,5-8H2,1-4H3,(H,19,22)(H,20,21,24)/t9-/m0/s1. The van der Waals surface area contributed by atoms with Gasteiger partial charge in [-0.05, 0) is 20.3 Å². The number of methoxy groups -OCH3 is 1. The lowest BCUT2D eigenvalue weighted by Crippen LogP contribution is -2.35. The summed E-state index contributed by atoms with van der Waals surface area (Å²) in [5, 5.41) is 2.87. The third kappa shape index (κ3) is 5.16. The fourth-order valence-corrected chi connectivity index (χ4v) is 3.92. The van der Waals surface area contributed by atoms with Gasteiger partial charge in [-0.25, -0.2) is 9.78 Å². The number of rotatable bonds is 8. The molecular formula is C18H23N3O6S. The summed E-state index contributed by atoms with van der Waals surface area (Å²) in [6.45, 7) is 5.05. The highest BCUT2D eigenvalue weighted by molar-refractivity contribution is 7.20. The predicted molar refractivity (Wildman–Crippen MR) is 103 cm³/mol. The van der Waals surface area contributed by atoms with Crippen molar-refractivity contribution in [2.45, 2.75) is 46.1 Å². The van der Waals surface area contributed by atoms with Crippen LogP contribution in [0.25, 0.3) is 10.2 Å². The molecule has 2 heterocycles. The maximum atomic E-state index is 12.3. The number of ether oxygens (including phenoxy) is 2. The first-order valence-corrected chi connectivity index (χ1v) is 9.64. The number of aromatic nitrogens is 2. The average molecular weight is 409 g/mol. The van der Waals surface area contributed by atoms with Crippen molar-refractivity contribution in [3.8, 4) is 0 Å². The zero-order chi connectivity index (χ0) is 20.8. The Bertz CT molecular complexity index is 949. The molecule has 0 unspecified atom stereocenters. The van der Waals surface area contributed by atoms with E-state index in [2.05, 4.69) is 15.3 Å². The smallest absolute Gasteiger partial charge is 0.348 e. The van der Waals surface area contributed by atoms with Gasteiger partial charge in [-0.1, -0.05) is 13.3 Å². The molecule has 2 aromatic rings. The van der Waals surface area contributed by atoms with E-state index in [-0.39, 0.29) is 28.3 Å². The Morgan fingerprint density at radius 3 is 2.68 bits per heavy atom. The molecule has 0 aliphatic heterocycles. The van der Waals surface area contributed by atoms with E-state index < -0.39 is 30.0 Å². The van der Waals surface area contributed by atoms with Crippen LogP contribution in [-0.4, -0.2) is 47.6 Å². The lowest BCUT2D eigenvalue weighted by Gasteiger charge is -2.12. The van der Waals surface area contributed by atoms with Crippen LogP contribution in [0.2, 0.25) is 0 Å². The lowest BCUT2D eigenvalue weighted by molar-refractivity contribution is -0.148. The van der Waals surface area contributed by atoms with E-state index in [1.807, 2.05) is 13.8 Å². The third-order valence-electron chi connectivity index (χ3n) is 3.96. The van der Waals surface area contributed by atoms with E-state index in [1.54, 1.807) is 6.92 Å². The van der Waals surface area contributed by atoms with Gasteiger partial charge < -0.3 is 19.8 Å². The Kier molecular flexibility index (Phi) is 7.27. The molecule has 152 valence electrons. The highest BCUT2D eigenvalue weighted by Gasteiger charge is 2.25. The van der Waals surface area contributed by atoms with Gasteiger partial charge in [0.2, 0.25) is 0 Å². The minimum atomic E-state index is -0.733. The van der Waals surface area contributed by atoms with Crippen LogP contribution in [0.15, 0.2) is 4.79 Å². The fourth-order valence-electron chi connectivity index (χ4n) is 2.76. The van der Waals surface area contributed by atoms with Gasteiger partial charge in [-0.3, -0.25) is 14.4 Å². The van der Waals surface area contributed by atoms with Crippen LogP contribution in [0.4, 0.5) is 0 Å². The number of carbonyl (C=O) groups excluding carboxylic acids is 3. The highest BCUT2D eigenvalue weighted by Crippen LogP contribution is 2.29. The van der Waals surface area contributed by atoms with Crippen molar-refractivity contribution >= 4 is 39.4 Å². The third-order valence-corrected chi connectivity index (χ3v) is 5.07. The normalized spacial score (nSPS) is 11.9. The van der Waals surface area contributed by atoms with Gasteiger partial charge >= 0.3 is 11.9 Å². The van der Waals surface area contributed by atoms with Crippen molar-refractivity contribution in [1.29, 1.82) is 0 Å². The summed E-state index contributed by atoms with van der Waals surface area (Å²) in [6, 6.07) is -0.0178. The second-order valence-corrected chi connectivity index (χ2v) is 7.33. The average Bonchev–Trinajstić information content (AvgIpc) is 2.97. The highest BCUT2D eigenvalue weighted by atomic mass is 32.1. The molecule has 2 aromatic heterocycles. The van der Waals surface area contributed by atoms with Crippen LogP contribution < -0.4 is 10.9 Å². The molecule has 0 aromatic carbocycles. The van der Waals surface area contributed by atoms with Crippen LogP contribution in [0.5, 0.6) is 0 Å². The number of amides is 1. The van der Waals surface area contributed by atoms with Gasteiger partial charge in [0, 0.05) is 11.6 Å². The van der Waals surface area contributed by atoms with Gasteiger partial charge in [0.15, 0.2) is 6.61 Å². The number of thiophene rings is 1. The summed E-state index contributed by atoms with van der Waals surface area (Å²) >= 11 is 0.972. The molecule has 1 atom stereocenters. The topological polar surface area (TPSA) is 127 Å². The maximum absolute atomic E-state index is 12.3. The van der Waals surface area contributed by atoms with Crippen molar-refractivity contribution in [2.75, 3.05) is 13.7 Å². The van der Waals surface area contributed by atoms with Gasteiger partial charge in [-0.2, -0.15) is 0 Å². The number of nitrogens with one attached hydrogen (secondary N) is 2. The number of hydrogen-bond acceptors (Lipinski definition) is 8. The molecular weight excluding hydrogens is 386 g/mol. The van der Waals surface area contributed by atoms with Gasteiger partial charge in [0.1, 0.15) is 15.5 Å². The van der Waals surface area contributed by atoms with Gasteiger partial charge in [0.05, 0.1) is 18.9 Å². The molecule has 28 heavy (non-hydrogen) atoms. The molecule has 0 fully saturated rings. The van der Waals surface area contributed by atoms with Crippen molar-refractivity contribution in [2.24, 2.45) is 0 Å². The number of fused-ring (bicyclic) bond motifs is 1. The Morgan fingerprint density at radius 1 is 1.32 bits per heavy atom. The van der Waals surface area contributed by atoms with Crippen LogP contribution in [0.3, 0.4) is 0 Å². The van der Waals surface area contributed by atoms with Crippen molar-refractivity contribution in [3.05, 3.63) is 26.6 Å². The minimum absolute atomic E-state index is 0.0178. The summed E-state index contributed by atoms with van der Waals surface area (Å²) in [5.74, 6) is -1.42. The molecule has 0 aliphatic rings. The second-order valence-electron chi connectivity index (χ2n) is 6.33. The Hall–Kier alpha value is -2.75. The zero-order valence-corrected chi connectivity index (χ0v) is 17.0. The first-order valence-electron chi connectivity index (χ1n) is 8.82. The number of esters is 2. The minimum Gasteiger partial charge on any atom is -0.465 e. The van der Waals surface area contributed by atoms with Crippen LogP contribution >= 0.6 is 11.3 Å². The zero-order valence-electron chi connectivity index (χ0n) is 16.2. The molecule has 9 nitrogen and oxygen atoms in total. The van der Waals surface area contributed by atoms with E-state index >= 15 is 0 Å². The monoisotopic (exact) mass is 409 g/mol. The Balaban J connectivity index is 2.18. The van der Waals surface area contributed by atoms with Gasteiger partial charge in [0.25, 0.3) is 11.5 Å². The van der Waals surface area contributed by atoms with E-state index in [9.17, 15) is 19.2 Å². The Labute approximate surface area is 165 Å². The molecule has 0 spiro atoms. The van der Waals surface area contributed by atoms with Crippen molar-refractivity contribution in [1.82, 2.24) is 15.3 Å². The summed E-state index contributed by atoms with van der Waals surface area (Å²) in [6.07, 6.45) is 1.39. The molecule has 10 heteroatoms. The SMILES string of the molecule is CCC[C@H](C)NC(=O)COC(=O)Cc1c(C(=O)OC)sc2nc(C)[nH]c(=O)c12.